The molecule has 3 rings (SSSR count). The first-order valence-electron chi connectivity index (χ1n) is 10.2. The smallest absolute Gasteiger partial charge is 0.241 e. The maximum Gasteiger partial charge on any atom is 0.241 e. The van der Waals surface area contributed by atoms with E-state index < -0.39 is 16.1 Å². The Morgan fingerprint density at radius 1 is 1.38 bits per heavy atom. The number of benzene rings is 1. The van der Waals surface area contributed by atoms with E-state index >= 15 is 0 Å². The van der Waals surface area contributed by atoms with Gasteiger partial charge in [0, 0.05) is 25.8 Å². The van der Waals surface area contributed by atoms with E-state index in [2.05, 4.69) is 17.7 Å². The number of carbonyl (C=O) groups is 1. The Balaban J connectivity index is 1.87. The Hall–Kier alpha value is -2.25. The number of aryl methyl sites for hydroxylation is 1. The number of amides is 1. The van der Waals surface area contributed by atoms with Crippen LogP contribution in [0.4, 0.5) is 5.69 Å². The quantitative estimate of drug-likeness (QED) is 0.568. The Labute approximate surface area is 197 Å². The number of sulfonamides is 1. The molecular formula is C21H25Cl2N5O3S. The van der Waals surface area contributed by atoms with Crippen LogP contribution in [0.2, 0.25) is 10.0 Å². The largest absolute Gasteiger partial charge is 0.396 e. The van der Waals surface area contributed by atoms with E-state index in [9.17, 15) is 18.5 Å². The number of nitrogens with zero attached hydrogens (tertiary/aromatic N) is 3. The number of aromatic nitrogens is 1. The van der Waals surface area contributed by atoms with Gasteiger partial charge in [0.05, 0.1) is 20.6 Å². The number of piperidine rings is 1. The summed E-state index contributed by atoms with van der Waals surface area (Å²) in [7, 11) is -4.12. The van der Waals surface area contributed by atoms with Gasteiger partial charge in [0.1, 0.15) is 17.8 Å². The second-order valence-electron chi connectivity index (χ2n) is 7.99. The number of nitrogens with two attached hydrogens (primary N) is 1. The van der Waals surface area contributed by atoms with Crippen molar-refractivity contribution >= 4 is 44.8 Å². The maximum absolute atomic E-state index is 13.3. The summed E-state index contributed by atoms with van der Waals surface area (Å²) in [6, 6.07) is 6.85. The Kier molecular flexibility index (Phi) is 7.72. The SMILES string of the molecule is CC1CCCN(C(=O)C(CCn2cccc2C#N)NS(=O)(=O)c2cc(Cl)c(N)c(Cl)c2)C1. The van der Waals surface area contributed by atoms with Gasteiger partial charge in [-0.05, 0) is 49.4 Å². The van der Waals surface area contributed by atoms with Crippen LogP contribution < -0.4 is 10.5 Å². The molecule has 0 saturated carbocycles. The lowest BCUT2D eigenvalue weighted by Gasteiger charge is -2.34. The van der Waals surface area contributed by atoms with Crippen LogP contribution in [0.3, 0.4) is 0 Å². The molecule has 2 heterocycles. The second kappa shape index (κ2) is 10.1. The van der Waals surface area contributed by atoms with Crippen LogP contribution >= 0.6 is 23.2 Å². The average Bonchev–Trinajstić information content (AvgIpc) is 3.21. The number of nitrogen functional groups attached to an aromatic ring is 1. The molecule has 1 fully saturated rings. The Morgan fingerprint density at radius 2 is 2.06 bits per heavy atom. The summed E-state index contributed by atoms with van der Waals surface area (Å²) < 4.78 is 30.4. The molecule has 0 spiro atoms. The molecule has 0 radical (unpaired) electrons. The van der Waals surface area contributed by atoms with Crippen molar-refractivity contribution in [2.75, 3.05) is 18.8 Å². The predicted octanol–water partition coefficient (Wildman–Crippen LogP) is 3.24. The van der Waals surface area contributed by atoms with Crippen LogP contribution in [-0.4, -0.2) is 42.9 Å². The molecule has 1 aliphatic rings. The second-order valence-corrected chi connectivity index (χ2v) is 10.5. The third kappa shape index (κ3) is 5.56. The highest BCUT2D eigenvalue weighted by Gasteiger charge is 2.31. The van der Waals surface area contributed by atoms with E-state index in [1.807, 2.05) is 0 Å². The van der Waals surface area contributed by atoms with Gasteiger partial charge in [-0.25, -0.2) is 8.42 Å². The average molecular weight is 498 g/mol. The van der Waals surface area contributed by atoms with Crippen LogP contribution in [0.15, 0.2) is 35.4 Å². The molecule has 0 bridgehead atoms. The van der Waals surface area contributed by atoms with Crippen molar-refractivity contribution in [3.05, 3.63) is 46.2 Å². The van der Waals surface area contributed by atoms with Crippen molar-refractivity contribution < 1.29 is 13.2 Å². The molecule has 8 nitrogen and oxygen atoms in total. The molecule has 3 N–H and O–H groups in total. The van der Waals surface area contributed by atoms with E-state index in [1.54, 1.807) is 27.8 Å². The van der Waals surface area contributed by atoms with Gasteiger partial charge in [-0.2, -0.15) is 9.98 Å². The highest BCUT2D eigenvalue weighted by Crippen LogP contribution is 2.31. The fourth-order valence-corrected chi connectivity index (χ4v) is 5.68. The molecular weight excluding hydrogens is 473 g/mol. The lowest BCUT2D eigenvalue weighted by atomic mass is 9.99. The fraction of sp³-hybridized carbons (Fsp3) is 0.429. The number of carbonyl (C=O) groups excluding carboxylic acids is 1. The lowest BCUT2D eigenvalue weighted by molar-refractivity contribution is -0.134. The van der Waals surface area contributed by atoms with Gasteiger partial charge in [0.15, 0.2) is 0 Å². The minimum atomic E-state index is -4.12. The van der Waals surface area contributed by atoms with Gasteiger partial charge in [0.2, 0.25) is 15.9 Å². The van der Waals surface area contributed by atoms with E-state index in [4.69, 9.17) is 28.9 Å². The number of nitrogens with one attached hydrogen (secondary N) is 1. The monoisotopic (exact) mass is 497 g/mol. The highest BCUT2D eigenvalue weighted by molar-refractivity contribution is 7.89. The summed E-state index contributed by atoms with van der Waals surface area (Å²) in [5.74, 6) is 0.0488. The van der Waals surface area contributed by atoms with Crippen molar-refractivity contribution in [3.8, 4) is 6.07 Å². The number of nitriles is 1. The van der Waals surface area contributed by atoms with E-state index in [1.165, 1.54) is 12.1 Å². The van der Waals surface area contributed by atoms with Crippen LogP contribution in [0.5, 0.6) is 0 Å². The van der Waals surface area contributed by atoms with Crippen molar-refractivity contribution in [1.82, 2.24) is 14.2 Å². The molecule has 1 aromatic carbocycles. The number of hydrogen-bond acceptors (Lipinski definition) is 5. The third-order valence-corrected chi connectivity index (χ3v) is 7.61. The van der Waals surface area contributed by atoms with Crippen LogP contribution in [0.1, 0.15) is 31.9 Å². The van der Waals surface area contributed by atoms with E-state index in [-0.39, 0.29) is 33.0 Å². The highest BCUT2D eigenvalue weighted by atomic mass is 35.5. The summed E-state index contributed by atoms with van der Waals surface area (Å²) in [5.41, 5.74) is 6.23. The van der Waals surface area contributed by atoms with Gasteiger partial charge in [-0.3, -0.25) is 4.79 Å². The maximum atomic E-state index is 13.3. The minimum absolute atomic E-state index is 0.0107. The topological polar surface area (TPSA) is 121 Å². The summed E-state index contributed by atoms with van der Waals surface area (Å²) in [6.07, 6.45) is 3.78. The molecule has 1 saturated heterocycles. The first kappa shape index (κ1) is 24.4. The lowest BCUT2D eigenvalue weighted by Crippen LogP contribution is -2.51. The molecule has 2 unspecified atom stereocenters. The molecule has 1 aliphatic heterocycles. The normalized spacial score (nSPS) is 17.7. The molecule has 1 amide bonds. The van der Waals surface area contributed by atoms with Crippen molar-refractivity contribution in [2.45, 2.75) is 43.7 Å². The van der Waals surface area contributed by atoms with Gasteiger partial charge in [0.25, 0.3) is 0 Å². The number of hydrogen-bond donors (Lipinski definition) is 2. The number of halogens is 2. The summed E-state index contributed by atoms with van der Waals surface area (Å²) >= 11 is 12.0. The first-order valence-corrected chi connectivity index (χ1v) is 12.5. The van der Waals surface area contributed by atoms with Gasteiger partial charge >= 0.3 is 0 Å². The van der Waals surface area contributed by atoms with Gasteiger partial charge < -0.3 is 15.2 Å². The predicted molar refractivity (Wildman–Crippen MR) is 124 cm³/mol. The van der Waals surface area contributed by atoms with Crippen molar-refractivity contribution in [3.63, 3.8) is 0 Å². The van der Waals surface area contributed by atoms with Crippen LogP contribution in [0, 0.1) is 17.2 Å². The number of rotatable bonds is 7. The van der Waals surface area contributed by atoms with E-state index in [0.29, 0.717) is 31.2 Å². The minimum Gasteiger partial charge on any atom is -0.396 e. The fourth-order valence-electron chi connectivity index (χ4n) is 3.79. The number of likely N-dealkylation sites (tertiary alicyclic amines) is 1. The zero-order valence-corrected chi connectivity index (χ0v) is 19.9. The van der Waals surface area contributed by atoms with Crippen LogP contribution in [-0.2, 0) is 21.4 Å². The van der Waals surface area contributed by atoms with Crippen LogP contribution in [0.25, 0.3) is 0 Å². The summed E-state index contributed by atoms with van der Waals surface area (Å²) in [4.78, 5) is 14.8. The molecule has 172 valence electrons. The van der Waals surface area contributed by atoms with Crippen molar-refractivity contribution in [2.24, 2.45) is 5.92 Å². The standard InChI is InChI=1S/C21H25Cl2N5O3S/c1-14-4-2-8-28(13-14)21(29)19(6-9-27-7-3-5-15(27)12-24)26-32(30,31)16-10-17(22)20(25)18(23)11-16/h3,5,7,10-11,14,19,26H,2,4,6,8-9,13,25H2,1H3. The van der Waals surface area contributed by atoms with E-state index in [0.717, 1.165) is 12.8 Å². The summed E-state index contributed by atoms with van der Waals surface area (Å²) in [5, 5.41) is 9.25. The molecule has 0 aliphatic carbocycles. The zero-order chi connectivity index (χ0) is 23.5. The first-order chi connectivity index (χ1) is 15.1. The molecule has 1 aromatic heterocycles. The zero-order valence-electron chi connectivity index (χ0n) is 17.6. The molecule has 2 atom stereocenters. The van der Waals surface area contributed by atoms with Gasteiger partial charge in [-0.1, -0.05) is 30.1 Å². The van der Waals surface area contributed by atoms with Gasteiger partial charge in [-0.15, -0.1) is 0 Å². The number of anilines is 1. The Morgan fingerprint density at radius 3 is 2.69 bits per heavy atom. The molecule has 2 aromatic rings. The Bertz CT molecular complexity index is 1120. The third-order valence-electron chi connectivity index (χ3n) is 5.53. The molecule has 11 heteroatoms. The molecule has 32 heavy (non-hydrogen) atoms. The van der Waals surface area contributed by atoms with Crippen molar-refractivity contribution in [1.29, 1.82) is 5.26 Å². The summed E-state index contributed by atoms with van der Waals surface area (Å²) in [6.45, 7) is 3.51.